The SMILES string of the molecule is CCN(CC)C(=O)C(C)NC(=O)c1cc(N)cc(OC)c1. The van der Waals surface area contributed by atoms with E-state index in [-0.39, 0.29) is 11.8 Å². The zero-order valence-electron chi connectivity index (χ0n) is 13.0. The molecule has 0 aliphatic heterocycles. The van der Waals surface area contributed by atoms with Crippen LogP contribution in [0, 0.1) is 0 Å². The lowest BCUT2D eigenvalue weighted by Gasteiger charge is -2.23. The number of likely N-dealkylation sites (N-methyl/N-ethyl adjacent to an activating group) is 1. The number of nitrogens with zero attached hydrogens (tertiary/aromatic N) is 1. The fourth-order valence-electron chi connectivity index (χ4n) is 2.02. The van der Waals surface area contributed by atoms with Crippen LogP contribution in [-0.4, -0.2) is 43.0 Å². The van der Waals surface area contributed by atoms with E-state index in [0.717, 1.165) is 0 Å². The summed E-state index contributed by atoms with van der Waals surface area (Å²) in [6.07, 6.45) is 0. The van der Waals surface area contributed by atoms with E-state index in [9.17, 15) is 9.59 Å². The molecule has 3 N–H and O–H groups in total. The second-order valence-corrected chi connectivity index (χ2v) is 4.70. The second-order valence-electron chi connectivity index (χ2n) is 4.70. The van der Waals surface area contributed by atoms with Gasteiger partial charge in [-0.2, -0.15) is 0 Å². The minimum absolute atomic E-state index is 0.107. The number of carbonyl (C=O) groups is 2. The molecule has 0 radical (unpaired) electrons. The Hall–Kier alpha value is -2.24. The summed E-state index contributed by atoms with van der Waals surface area (Å²) in [7, 11) is 1.50. The molecule has 6 heteroatoms. The molecule has 0 aliphatic rings. The molecule has 0 saturated carbocycles. The molecule has 6 nitrogen and oxygen atoms in total. The van der Waals surface area contributed by atoms with Crippen LogP contribution >= 0.6 is 0 Å². The first kappa shape index (κ1) is 16.8. The van der Waals surface area contributed by atoms with Crippen LogP contribution in [0.1, 0.15) is 31.1 Å². The van der Waals surface area contributed by atoms with Gasteiger partial charge in [-0.05, 0) is 32.9 Å². The Morgan fingerprint density at radius 1 is 1.29 bits per heavy atom. The van der Waals surface area contributed by atoms with Crippen LogP contribution in [-0.2, 0) is 4.79 Å². The molecule has 0 aliphatic carbocycles. The second kappa shape index (κ2) is 7.52. The van der Waals surface area contributed by atoms with Crippen LogP contribution in [0.25, 0.3) is 0 Å². The fourth-order valence-corrected chi connectivity index (χ4v) is 2.02. The molecule has 0 saturated heterocycles. The summed E-state index contributed by atoms with van der Waals surface area (Å²) in [5.74, 6) is 0.0423. The molecule has 21 heavy (non-hydrogen) atoms. The molecule has 0 fully saturated rings. The van der Waals surface area contributed by atoms with E-state index in [2.05, 4.69) is 5.32 Å². The van der Waals surface area contributed by atoms with Crippen molar-refractivity contribution in [3.8, 4) is 5.75 Å². The zero-order valence-corrected chi connectivity index (χ0v) is 13.0. The van der Waals surface area contributed by atoms with Gasteiger partial charge in [0, 0.05) is 30.4 Å². The minimum atomic E-state index is -0.593. The smallest absolute Gasteiger partial charge is 0.252 e. The van der Waals surface area contributed by atoms with Gasteiger partial charge < -0.3 is 20.7 Å². The molecule has 0 bridgehead atoms. The Labute approximate surface area is 125 Å². The summed E-state index contributed by atoms with van der Waals surface area (Å²) in [6.45, 7) is 6.70. The van der Waals surface area contributed by atoms with E-state index in [4.69, 9.17) is 10.5 Å². The third kappa shape index (κ3) is 4.37. The number of anilines is 1. The van der Waals surface area contributed by atoms with E-state index < -0.39 is 6.04 Å². The van der Waals surface area contributed by atoms with Crippen LogP contribution in [0.5, 0.6) is 5.75 Å². The topological polar surface area (TPSA) is 84.7 Å². The van der Waals surface area contributed by atoms with Crippen molar-refractivity contribution in [1.29, 1.82) is 0 Å². The summed E-state index contributed by atoms with van der Waals surface area (Å²) >= 11 is 0. The molecule has 1 unspecified atom stereocenters. The van der Waals surface area contributed by atoms with Crippen molar-refractivity contribution in [3.05, 3.63) is 23.8 Å². The molecule has 0 spiro atoms. The van der Waals surface area contributed by atoms with Crippen molar-refractivity contribution in [2.24, 2.45) is 0 Å². The summed E-state index contributed by atoms with van der Waals surface area (Å²) in [6, 6.07) is 4.17. The van der Waals surface area contributed by atoms with Crippen LogP contribution in [0.3, 0.4) is 0 Å². The van der Waals surface area contributed by atoms with Gasteiger partial charge in [0.15, 0.2) is 0 Å². The predicted molar refractivity (Wildman–Crippen MR) is 82.3 cm³/mol. The predicted octanol–water partition coefficient (Wildman–Crippen LogP) is 1.26. The lowest BCUT2D eigenvalue weighted by atomic mass is 10.1. The average Bonchev–Trinajstić information content (AvgIpc) is 2.47. The van der Waals surface area contributed by atoms with Gasteiger partial charge in [-0.3, -0.25) is 9.59 Å². The standard InChI is InChI=1S/C15H23N3O3/c1-5-18(6-2)15(20)10(3)17-14(19)11-7-12(16)9-13(8-11)21-4/h7-10H,5-6,16H2,1-4H3,(H,17,19). The maximum absolute atomic E-state index is 12.2. The monoisotopic (exact) mass is 293 g/mol. The Bertz CT molecular complexity index is 513. The van der Waals surface area contributed by atoms with Crippen LogP contribution in [0.15, 0.2) is 18.2 Å². The Morgan fingerprint density at radius 2 is 1.90 bits per heavy atom. The molecular weight excluding hydrogens is 270 g/mol. The lowest BCUT2D eigenvalue weighted by Crippen LogP contribution is -2.46. The normalized spacial score (nSPS) is 11.6. The van der Waals surface area contributed by atoms with Gasteiger partial charge in [-0.15, -0.1) is 0 Å². The largest absolute Gasteiger partial charge is 0.497 e. The van der Waals surface area contributed by atoms with Gasteiger partial charge in [-0.1, -0.05) is 0 Å². The highest BCUT2D eigenvalue weighted by Crippen LogP contribution is 2.18. The van der Waals surface area contributed by atoms with Gasteiger partial charge in [0.1, 0.15) is 11.8 Å². The number of rotatable bonds is 6. The molecule has 0 aromatic heterocycles. The van der Waals surface area contributed by atoms with E-state index in [1.807, 2.05) is 13.8 Å². The van der Waals surface area contributed by atoms with Crippen LogP contribution in [0.4, 0.5) is 5.69 Å². The number of methoxy groups -OCH3 is 1. The van der Waals surface area contributed by atoms with Gasteiger partial charge in [0.05, 0.1) is 7.11 Å². The molecule has 116 valence electrons. The summed E-state index contributed by atoms with van der Waals surface area (Å²) in [5, 5.41) is 2.68. The van der Waals surface area contributed by atoms with E-state index in [1.165, 1.54) is 7.11 Å². The van der Waals surface area contributed by atoms with Crippen molar-refractivity contribution in [2.45, 2.75) is 26.8 Å². The number of benzene rings is 1. The summed E-state index contributed by atoms with van der Waals surface area (Å²) in [4.78, 5) is 26.0. The number of hydrogen-bond acceptors (Lipinski definition) is 4. The van der Waals surface area contributed by atoms with E-state index in [1.54, 1.807) is 30.0 Å². The Morgan fingerprint density at radius 3 is 2.43 bits per heavy atom. The fraction of sp³-hybridized carbons (Fsp3) is 0.467. The van der Waals surface area contributed by atoms with Gasteiger partial charge in [-0.25, -0.2) is 0 Å². The quantitative estimate of drug-likeness (QED) is 0.773. The number of carbonyl (C=O) groups excluding carboxylic acids is 2. The van der Waals surface area contributed by atoms with Crippen molar-refractivity contribution in [1.82, 2.24) is 10.2 Å². The van der Waals surface area contributed by atoms with Gasteiger partial charge in [0.25, 0.3) is 5.91 Å². The molecule has 1 aromatic rings. The number of nitrogens with two attached hydrogens (primary N) is 1. The number of ether oxygens (including phenoxy) is 1. The maximum Gasteiger partial charge on any atom is 0.252 e. The van der Waals surface area contributed by atoms with Gasteiger partial charge >= 0.3 is 0 Å². The van der Waals surface area contributed by atoms with Crippen molar-refractivity contribution >= 4 is 17.5 Å². The highest BCUT2D eigenvalue weighted by molar-refractivity contribution is 5.98. The van der Waals surface area contributed by atoms with Crippen molar-refractivity contribution in [2.75, 3.05) is 25.9 Å². The van der Waals surface area contributed by atoms with E-state index >= 15 is 0 Å². The third-order valence-corrected chi connectivity index (χ3v) is 3.22. The van der Waals surface area contributed by atoms with Crippen LogP contribution < -0.4 is 15.8 Å². The zero-order chi connectivity index (χ0) is 16.0. The van der Waals surface area contributed by atoms with Crippen molar-refractivity contribution in [3.63, 3.8) is 0 Å². The third-order valence-electron chi connectivity index (χ3n) is 3.22. The first-order chi connectivity index (χ1) is 9.92. The van der Waals surface area contributed by atoms with Gasteiger partial charge in [0.2, 0.25) is 5.91 Å². The van der Waals surface area contributed by atoms with E-state index in [0.29, 0.717) is 30.1 Å². The first-order valence-electron chi connectivity index (χ1n) is 6.97. The first-order valence-corrected chi connectivity index (χ1v) is 6.97. The molecular formula is C15H23N3O3. The summed E-state index contributed by atoms with van der Waals surface area (Å²) < 4.78 is 5.08. The molecule has 1 atom stereocenters. The average molecular weight is 293 g/mol. The number of nitrogen functional groups attached to an aromatic ring is 1. The highest BCUT2D eigenvalue weighted by Gasteiger charge is 2.20. The Kier molecular flexibility index (Phi) is 6.02. The number of hydrogen-bond donors (Lipinski definition) is 2. The molecule has 1 aromatic carbocycles. The lowest BCUT2D eigenvalue weighted by molar-refractivity contribution is -0.132. The number of amides is 2. The number of nitrogens with one attached hydrogen (secondary N) is 1. The van der Waals surface area contributed by atoms with Crippen molar-refractivity contribution < 1.29 is 14.3 Å². The Balaban J connectivity index is 2.81. The molecule has 1 rings (SSSR count). The highest BCUT2D eigenvalue weighted by atomic mass is 16.5. The molecule has 2 amide bonds. The summed E-state index contributed by atoms with van der Waals surface area (Å²) in [5.41, 5.74) is 6.52. The minimum Gasteiger partial charge on any atom is -0.497 e. The maximum atomic E-state index is 12.2. The van der Waals surface area contributed by atoms with Crippen LogP contribution in [0.2, 0.25) is 0 Å². The molecule has 0 heterocycles.